The van der Waals surface area contributed by atoms with Gasteiger partial charge in [-0.2, -0.15) is 0 Å². The molecule has 2 aliphatic heterocycles. The van der Waals surface area contributed by atoms with Gasteiger partial charge in [0.2, 0.25) is 5.91 Å². The van der Waals surface area contributed by atoms with Crippen LogP contribution in [0, 0.1) is 18.3 Å². The smallest absolute Gasteiger partial charge is 0.230 e. The molecule has 0 unspecified atom stereocenters. The highest BCUT2D eigenvalue weighted by atomic mass is 16.2. The molecule has 3 aliphatic rings. The summed E-state index contributed by atoms with van der Waals surface area (Å²) in [4.78, 5) is 23.1. The summed E-state index contributed by atoms with van der Waals surface area (Å²) in [5.41, 5.74) is 2.13. The van der Waals surface area contributed by atoms with Crippen molar-refractivity contribution in [2.24, 2.45) is 11.3 Å². The van der Waals surface area contributed by atoms with E-state index in [0.717, 1.165) is 62.7 Å². The topological polar surface area (TPSA) is 36.4 Å². The Kier molecular flexibility index (Phi) is 4.97. The lowest BCUT2D eigenvalue weighted by Crippen LogP contribution is -2.51. The van der Waals surface area contributed by atoms with Crippen molar-refractivity contribution in [1.82, 2.24) is 9.88 Å². The molecule has 3 heterocycles. The van der Waals surface area contributed by atoms with E-state index in [0.29, 0.717) is 5.91 Å². The van der Waals surface area contributed by atoms with Crippen molar-refractivity contribution in [2.45, 2.75) is 58.3 Å². The standard InChI is InChI=1S/C25H33N3O/c1-19-16-23(26-22-11-6-5-10-21(19)22)28-15-13-25(18-28)12-7-14-27(24(25)29)17-20-8-3-2-4-9-20/h5-6,10-11,16,20H,2-4,7-9,12-15,17-18H2,1H3/t25-/m1/s1. The summed E-state index contributed by atoms with van der Waals surface area (Å²) < 4.78 is 0. The van der Waals surface area contributed by atoms with Crippen molar-refractivity contribution in [3.63, 3.8) is 0 Å². The van der Waals surface area contributed by atoms with Crippen LogP contribution >= 0.6 is 0 Å². The second kappa shape index (κ2) is 7.62. The van der Waals surface area contributed by atoms with E-state index in [2.05, 4.69) is 47.1 Å². The number of fused-ring (bicyclic) bond motifs is 1. The number of hydrogen-bond acceptors (Lipinski definition) is 3. The van der Waals surface area contributed by atoms with E-state index in [4.69, 9.17) is 4.98 Å². The molecule has 1 aromatic carbocycles. The number of rotatable bonds is 3. The summed E-state index contributed by atoms with van der Waals surface area (Å²) in [5.74, 6) is 2.19. The fourth-order valence-corrected chi connectivity index (χ4v) is 5.95. The summed E-state index contributed by atoms with van der Waals surface area (Å²) in [6.45, 7) is 5.89. The first-order chi connectivity index (χ1) is 14.1. The molecule has 0 N–H and O–H groups in total. The Morgan fingerprint density at radius 3 is 2.76 bits per heavy atom. The van der Waals surface area contributed by atoms with Crippen molar-refractivity contribution in [3.05, 3.63) is 35.9 Å². The molecule has 1 spiro atoms. The predicted octanol–water partition coefficient (Wildman–Crippen LogP) is 4.94. The number of para-hydroxylation sites is 1. The maximum absolute atomic E-state index is 13.6. The molecule has 1 atom stereocenters. The quantitative estimate of drug-likeness (QED) is 0.743. The van der Waals surface area contributed by atoms with E-state index >= 15 is 0 Å². The van der Waals surface area contributed by atoms with Crippen molar-refractivity contribution >= 4 is 22.6 Å². The average Bonchev–Trinajstić information content (AvgIpc) is 3.17. The van der Waals surface area contributed by atoms with Crippen LogP contribution in [0.5, 0.6) is 0 Å². The van der Waals surface area contributed by atoms with E-state index in [-0.39, 0.29) is 5.41 Å². The second-order valence-corrected chi connectivity index (χ2v) is 9.63. The fraction of sp³-hybridized carbons (Fsp3) is 0.600. The van der Waals surface area contributed by atoms with Gasteiger partial charge in [0.1, 0.15) is 5.82 Å². The molecule has 4 heteroatoms. The maximum Gasteiger partial charge on any atom is 0.230 e. The molecule has 1 aromatic heterocycles. The summed E-state index contributed by atoms with van der Waals surface area (Å²) in [5, 5.41) is 1.22. The molecular formula is C25H33N3O. The number of pyridine rings is 1. The van der Waals surface area contributed by atoms with Crippen LogP contribution in [0.2, 0.25) is 0 Å². The lowest BCUT2D eigenvalue weighted by Gasteiger charge is -2.41. The Morgan fingerprint density at radius 1 is 1.07 bits per heavy atom. The van der Waals surface area contributed by atoms with Crippen LogP contribution < -0.4 is 4.90 Å². The number of carbonyl (C=O) groups excluding carboxylic acids is 1. The average molecular weight is 392 g/mol. The molecule has 4 nitrogen and oxygen atoms in total. The normalized spacial score (nSPS) is 26.0. The van der Waals surface area contributed by atoms with Crippen molar-refractivity contribution in [3.8, 4) is 0 Å². The van der Waals surface area contributed by atoms with Gasteiger partial charge in [0.25, 0.3) is 0 Å². The van der Waals surface area contributed by atoms with E-state index in [1.54, 1.807) is 0 Å². The SMILES string of the molecule is Cc1cc(N2CC[C@]3(CCCN(CC4CCCCC4)C3=O)C2)nc2ccccc12. The second-order valence-electron chi connectivity index (χ2n) is 9.63. The lowest BCUT2D eigenvalue weighted by molar-refractivity contribution is -0.145. The third kappa shape index (κ3) is 3.51. The Labute approximate surface area is 174 Å². The first kappa shape index (κ1) is 18.9. The van der Waals surface area contributed by atoms with Gasteiger partial charge < -0.3 is 9.80 Å². The van der Waals surface area contributed by atoms with Crippen molar-refractivity contribution in [2.75, 3.05) is 31.1 Å². The van der Waals surface area contributed by atoms with Gasteiger partial charge in [-0.3, -0.25) is 4.79 Å². The summed E-state index contributed by atoms with van der Waals surface area (Å²) in [7, 11) is 0. The van der Waals surface area contributed by atoms with Crippen molar-refractivity contribution in [1.29, 1.82) is 0 Å². The Hall–Kier alpha value is -2.10. The van der Waals surface area contributed by atoms with Gasteiger partial charge in [-0.25, -0.2) is 4.98 Å². The zero-order valence-corrected chi connectivity index (χ0v) is 17.7. The number of aromatic nitrogens is 1. The molecular weight excluding hydrogens is 358 g/mol. The minimum Gasteiger partial charge on any atom is -0.355 e. The number of benzene rings is 1. The van der Waals surface area contributed by atoms with Gasteiger partial charge in [0.05, 0.1) is 10.9 Å². The van der Waals surface area contributed by atoms with Crippen LogP contribution in [0.4, 0.5) is 5.82 Å². The minimum atomic E-state index is -0.186. The van der Waals surface area contributed by atoms with Crippen LogP contribution in [0.1, 0.15) is 56.9 Å². The Bertz CT molecular complexity index is 904. The summed E-state index contributed by atoms with van der Waals surface area (Å²) >= 11 is 0. The van der Waals surface area contributed by atoms with Crippen molar-refractivity contribution < 1.29 is 4.79 Å². The first-order valence-electron chi connectivity index (χ1n) is 11.6. The van der Waals surface area contributed by atoms with Gasteiger partial charge in [-0.15, -0.1) is 0 Å². The molecule has 154 valence electrons. The molecule has 2 saturated heterocycles. The number of hydrogen-bond donors (Lipinski definition) is 0. The zero-order valence-electron chi connectivity index (χ0n) is 17.7. The molecule has 1 aliphatic carbocycles. The number of carbonyl (C=O) groups is 1. The van der Waals surface area contributed by atoms with Crippen LogP contribution in [0.3, 0.4) is 0 Å². The van der Waals surface area contributed by atoms with E-state index in [9.17, 15) is 4.79 Å². The number of aryl methyl sites for hydroxylation is 1. The zero-order chi connectivity index (χ0) is 19.8. The number of amides is 1. The van der Waals surface area contributed by atoms with Gasteiger partial charge in [-0.1, -0.05) is 37.5 Å². The molecule has 0 radical (unpaired) electrons. The lowest BCUT2D eigenvalue weighted by atomic mass is 9.77. The Morgan fingerprint density at radius 2 is 1.90 bits per heavy atom. The van der Waals surface area contributed by atoms with Crippen LogP contribution in [-0.4, -0.2) is 42.0 Å². The Balaban J connectivity index is 1.34. The molecule has 29 heavy (non-hydrogen) atoms. The molecule has 1 amide bonds. The first-order valence-corrected chi connectivity index (χ1v) is 11.6. The number of anilines is 1. The van der Waals surface area contributed by atoms with Gasteiger partial charge in [-0.05, 0) is 62.6 Å². The highest BCUT2D eigenvalue weighted by molar-refractivity contribution is 5.86. The van der Waals surface area contributed by atoms with E-state index in [1.807, 2.05) is 0 Å². The van der Waals surface area contributed by atoms with Gasteiger partial charge in [0.15, 0.2) is 0 Å². The molecule has 1 saturated carbocycles. The fourth-order valence-electron chi connectivity index (χ4n) is 5.95. The maximum atomic E-state index is 13.6. The number of nitrogens with zero attached hydrogens (tertiary/aromatic N) is 3. The largest absolute Gasteiger partial charge is 0.355 e. The molecule has 3 fully saturated rings. The highest BCUT2D eigenvalue weighted by Crippen LogP contribution is 2.42. The monoisotopic (exact) mass is 391 g/mol. The van der Waals surface area contributed by atoms with Crippen LogP contribution in [-0.2, 0) is 4.79 Å². The van der Waals surface area contributed by atoms with Crippen LogP contribution in [0.15, 0.2) is 30.3 Å². The summed E-state index contributed by atoms with van der Waals surface area (Å²) in [6, 6.07) is 10.6. The predicted molar refractivity (Wildman–Crippen MR) is 118 cm³/mol. The molecule has 2 aromatic rings. The van der Waals surface area contributed by atoms with Gasteiger partial charge in [0, 0.05) is 31.6 Å². The minimum absolute atomic E-state index is 0.186. The van der Waals surface area contributed by atoms with Gasteiger partial charge >= 0.3 is 0 Å². The number of piperidine rings is 1. The third-order valence-electron chi connectivity index (χ3n) is 7.61. The third-order valence-corrected chi connectivity index (χ3v) is 7.61. The summed E-state index contributed by atoms with van der Waals surface area (Å²) in [6.07, 6.45) is 9.85. The highest BCUT2D eigenvalue weighted by Gasteiger charge is 2.48. The number of likely N-dealkylation sites (tertiary alicyclic amines) is 1. The van der Waals surface area contributed by atoms with Crippen LogP contribution in [0.25, 0.3) is 10.9 Å². The molecule has 0 bridgehead atoms. The van der Waals surface area contributed by atoms with E-state index < -0.39 is 0 Å². The molecule has 5 rings (SSSR count). The van der Waals surface area contributed by atoms with E-state index in [1.165, 1.54) is 43.1 Å².